The van der Waals surface area contributed by atoms with Gasteiger partial charge in [-0.25, -0.2) is 4.57 Å². The van der Waals surface area contributed by atoms with Gasteiger partial charge in [0.05, 0.1) is 39.9 Å². The number of unbranched alkanes of at least 4 members (excludes halogenated alkanes) is 8. The maximum atomic E-state index is 12.9. The average Bonchev–Trinajstić information content (AvgIpc) is 3.20. The number of hydrogen-bond donors (Lipinski definition) is 3. The Kier molecular flexibility index (Phi) is 39.1. The number of carbonyl (C=O) groups excluding carboxylic acids is 1. The van der Waals surface area contributed by atoms with E-state index in [1.54, 1.807) is 6.08 Å². The third-order valence-corrected chi connectivity index (χ3v) is 10.1. The zero-order valence-electron chi connectivity index (χ0n) is 38.4. The first-order chi connectivity index (χ1) is 29.0. The van der Waals surface area contributed by atoms with Crippen LogP contribution in [0.1, 0.15) is 142 Å². The summed E-state index contributed by atoms with van der Waals surface area (Å²) < 4.78 is 23.5. The number of hydrogen-bond acceptors (Lipinski definition) is 5. The Balaban J connectivity index is 4.39. The quantitative estimate of drug-likeness (QED) is 0.0246. The standard InChI is InChI=1S/C51H85N2O6P/c1-6-8-10-12-14-16-18-19-20-21-22-23-24-25-26-27-28-29-30-31-32-33-35-37-39-41-43-45-51(55)52-49(48-59-60(56,57)58-47-46-53(3,4)5)50(54)44-42-40-38-36-34-17-15-13-11-9-7-2/h8,10-11,13-14,16,19-20,22-23,25-26,28-29,31-32,34,36,42,44,49-50,54H,6-7,9,12,15,17-18,21,24,27,30,33,35,37-41,43,45-48H2,1-5H3,(H-,52,55,56,57)/p+1/b10-8-,13-11+,16-14-,20-19-,23-22-,26-25-,29-28-,32-31-,36-34+,44-42+. The highest BCUT2D eigenvalue weighted by atomic mass is 31.2. The smallest absolute Gasteiger partial charge is 0.387 e. The summed E-state index contributed by atoms with van der Waals surface area (Å²) in [5.41, 5.74) is 0. The lowest BCUT2D eigenvalue weighted by molar-refractivity contribution is -0.870. The highest BCUT2D eigenvalue weighted by molar-refractivity contribution is 7.47. The minimum absolute atomic E-state index is 0.0416. The van der Waals surface area contributed by atoms with E-state index in [4.69, 9.17) is 9.05 Å². The first kappa shape index (κ1) is 56.9. The van der Waals surface area contributed by atoms with E-state index in [1.807, 2.05) is 27.2 Å². The van der Waals surface area contributed by atoms with Gasteiger partial charge in [0.1, 0.15) is 13.2 Å². The molecule has 0 fully saturated rings. The number of nitrogens with one attached hydrogen (secondary N) is 1. The molecule has 340 valence electrons. The van der Waals surface area contributed by atoms with Gasteiger partial charge in [0.2, 0.25) is 5.91 Å². The molecule has 3 N–H and O–H groups in total. The highest BCUT2D eigenvalue weighted by Crippen LogP contribution is 2.43. The van der Waals surface area contributed by atoms with Crippen molar-refractivity contribution in [3.63, 3.8) is 0 Å². The molecule has 0 saturated heterocycles. The molecule has 3 atom stereocenters. The largest absolute Gasteiger partial charge is 0.472 e. The van der Waals surface area contributed by atoms with Crippen LogP contribution in [0.2, 0.25) is 0 Å². The number of allylic oxidation sites excluding steroid dienone is 19. The van der Waals surface area contributed by atoms with Crippen LogP contribution in [-0.4, -0.2) is 73.4 Å². The number of nitrogens with zero attached hydrogens (tertiary/aromatic N) is 1. The second-order valence-electron chi connectivity index (χ2n) is 16.0. The van der Waals surface area contributed by atoms with Gasteiger partial charge in [-0.05, 0) is 96.3 Å². The molecule has 0 heterocycles. The fourth-order valence-electron chi connectivity index (χ4n) is 5.53. The van der Waals surface area contributed by atoms with E-state index in [2.05, 4.69) is 129 Å². The lowest BCUT2D eigenvalue weighted by Crippen LogP contribution is -2.45. The fraction of sp³-hybridized carbons (Fsp3) is 0.588. The van der Waals surface area contributed by atoms with Crippen LogP contribution >= 0.6 is 7.82 Å². The van der Waals surface area contributed by atoms with Crippen LogP contribution in [0.15, 0.2) is 122 Å². The van der Waals surface area contributed by atoms with Gasteiger partial charge in [-0.1, -0.05) is 161 Å². The van der Waals surface area contributed by atoms with Crippen LogP contribution in [-0.2, 0) is 18.4 Å². The number of rotatable bonds is 39. The van der Waals surface area contributed by atoms with Gasteiger partial charge in [0.15, 0.2) is 0 Å². The predicted octanol–water partition coefficient (Wildman–Crippen LogP) is 13.1. The van der Waals surface area contributed by atoms with Crippen LogP contribution < -0.4 is 5.32 Å². The van der Waals surface area contributed by atoms with Crippen LogP contribution in [0, 0.1) is 0 Å². The molecule has 0 aromatic heterocycles. The highest BCUT2D eigenvalue weighted by Gasteiger charge is 2.27. The van der Waals surface area contributed by atoms with E-state index in [0.717, 1.165) is 122 Å². The van der Waals surface area contributed by atoms with Crippen molar-refractivity contribution in [1.82, 2.24) is 5.32 Å². The molecule has 0 aliphatic heterocycles. The van der Waals surface area contributed by atoms with Crippen molar-refractivity contribution in [1.29, 1.82) is 0 Å². The molecule has 0 rings (SSSR count). The summed E-state index contributed by atoms with van der Waals surface area (Å²) in [6.07, 6.45) is 61.4. The van der Waals surface area contributed by atoms with Crippen molar-refractivity contribution >= 4 is 13.7 Å². The molecule has 3 unspecified atom stereocenters. The minimum atomic E-state index is -4.36. The van der Waals surface area contributed by atoms with Gasteiger partial charge in [-0.15, -0.1) is 0 Å². The summed E-state index contributed by atoms with van der Waals surface area (Å²) in [6, 6.07) is -0.888. The van der Waals surface area contributed by atoms with E-state index >= 15 is 0 Å². The first-order valence-electron chi connectivity index (χ1n) is 22.9. The van der Waals surface area contributed by atoms with Gasteiger partial charge in [0, 0.05) is 6.42 Å². The average molecular weight is 854 g/mol. The molecule has 0 aliphatic rings. The van der Waals surface area contributed by atoms with Crippen LogP contribution in [0.4, 0.5) is 0 Å². The van der Waals surface area contributed by atoms with Crippen molar-refractivity contribution in [2.75, 3.05) is 40.9 Å². The Morgan fingerprint density at radius 1 is 0.583 bits per heavy atom. The number of phosphoric ester groups is 1. The molecule has 0 aromatic carbocycles. The lowest BCUT2D eigenvalue weighted by atomic mass is 10.1. The Labute approximate surface area is 367 Å². The zero-order chi connectivity index (χ0) is 44.3. The van der Waals surface area contributed by atoms with Gasteiger partial charge in [0.25, 0.3) is 0 Å². The topological polar surface area (TPSA) is 105 Å². The molecule has 60 heavy (non-hydrogen) atoms. The van der Waals surface area contributed by atoms with E-state index < -0.39 is 20.0 Å². The number of carbonyl (C=O) groups is 1. The van der Waals surface area contributed by atoms with E-state index in [9.17, 15) is 19.4 Å². The number of phosphoric acid groups is 1. The van der Waals surface area contributed by atoms with Crippen LogP contribution in [0.25, 0.3) is 0 Å². The molecule has 9 heteroatoms. The predicted molar refractivity (Wildman–Crippen MR) is 258 cm³/mol. The molecule has 1 amide bonds. The van der Waals surface area contributed by atoms with Gasteiger partial charge in [-0.3, -0.25) is 13.8 Å². The molecule has 0 aliphatic carbocycles. The monoisotopic (exact) mass is 854 g/mol. The van der Waals surface area contributed by atoms with Gasteiger partial charge < -0.3 is 19.8 Å². The Morgan fingerprint density at radius 2 is 1.02 bits per heavy atom. The summed E-state index contributed by atoms with van der Waals surface area (Å²) >= 11 is 0. The number of amides is 1. The van der Waals surface area contributed by atoms with Crippen molar-refractivity contribution in [3.05, 3.63) is 122 Å². The van der Waals surface area contributed by atoms with Crippen LogP contribution in [0.3, 0.4) is 0 Å². The van der Waals surface area contributed by atoms with Crippen molar-refractivity contribution in [2.24, 2.45) is 0 Å². The SMILES string of the molecule is CC/C=C\C/C=C\C/C=C\C/C=C\C/C=C\C/C=C\C/C=C\CCCCCCCC(=O)NC(COP(=O)(O)OCC[N+](C)(C)C)C(O)/C=C/CC/C=C/CC/C=C/CCC. The summed E-state index contributed by atoms with van der Waals surface area (Å²) in [4.78, 5) is 23.1. The summed E-state index contributed by atoms with van der Waals surface area (Å²) in [5.74, 6) is -0.219. The van der Waals surface area contributed by atoms with Crippen molar-refractivity contribution in [2.45, 2.75) is 154 Å². The fourth-order valence-corrected chi connectivity index (χ4v) is 6.26. The number of aliphatic hydroxyl groups is 1. The molecule has 0 spiro atoms. The van der Waals surface area contributed by atoms with Crippen molar-refractivity contribution in [3.8, 4) is 0 Å². The summed E-state index contributed by atoms with van der Waals surface area (Å²) in [5, 5.41) is 13.7. The molecule has 0 radical (unpaired) electrons. The number of likely N-dealkylation sites (N-methyl/N-ethyl adjacent to an activating group) is 1. The van der Waals surface area contributed by atoms with E-state index in [0.29, 0.717) is 17.4 Å². The Bertz CT molecular complexity index is 1380. The molecular formula is C51H86N2O6P+. The second-order valence-corrected chi connectivity index (χ2v) is 17.5. The minimum Gasteiger partial charge on any atom is -0.387 e. The maximum absolute atomic E-state index is 12.9. The van der Waals surface area contributed by atoms with Gasteiger partial charge >= 0.3 is 7.82 Å². The first-order valence-corrected chi connectivity index (χ1v) is 24.4. The van der Waals surface area contributed by atoms with E-state index in [-0.39, 0.29) is 19.1 Å². The molecule has 0 bridgehead atoms. The zero-order valence-corrected chi connectivity index (χ0v) is 39.3. The summed E-state index contributed by atoms with van der Waals surface area (Å²) in [7, 11) is 1.50. The third kappa shape index (κ3) is 43.0. The third-order valence-electron chi connectivity index (χ3n) is 9.12. The van der Waals surface area contributed by atoms with E-state index in [1.165, 1.54) is 0 Å². The lowest BCUT2D eigenvalue weighted by Gasteiger charge is -2.25. The molecule has 0 aromatic rings. The second kappa shape index (κ2) is 41.3. The number of quaternary nitrogens is 1. The van der Waals surface area contributed by atoms with Crippen LogP contribution in [0.5, 0.6) is 0 Å². The molecule has 0 saturated carbocycles. The number of aliphatic hydroxyl groups excluding tert-OH is 1. The van der Waals surface area contributed by atoms with Crippen molar-refractivity contribution < 1.29 is 32.9 Å². The Morgan fingerprint density at radius 3 is 1.52 bits per heavy atom. The normalized spacial score (nSPS) is 15.4. The molecule has 8 nitrogen and oxygen atoms in total. The molecular weight excluding hydrogens is 768 g/mol. The Hall–Kier alpha value is -3.10. The van der Waals surface area contributed by atoms with Gasteiger partial charge in [-0.2, -0.15) is 0 Å². The summed E-state index contributed by atoms with van der Waals surface area (Å²) in [6.45, 7) is 4.54. The maximum Gasteiger partial charge on any atom is 0.472 e.